The van der Waals surface area contributed by atoms with Crippen LogP contribution in [0.15, 0.2) is 18.2 Å². The SMILES string of the molecule is CCN(CCO)C(=O)Nc1cc(C(=O)OC(C)(C)C)ccc1Cl. The number of carbonyl (C=O) groups excluding carboxylic acids is 2. The Balaban J connectivity index is 2.93. The lowest BCUT2D eigenvalue weighted by molar-refractivity contribution is 0.00695. The van der Waals surface area contributed by atoms with Crippen molar-refractivity contribution < 1.29 is 19.4 Å². The van der Waals surface area contributed by atoms with Gasteiger partial charge in [-0.05, 0) is 45.9 Å². The Morgan fingerprint density at radius 1 is 1.35 bits per heavy atom. The van der Waals surface area contributed by atoms with Gasteiger partial charge < -0.3 is 20.1 Å². The number of likely N-dealkylation sites (N-methyl/N-ethyl adjacent to an activating group) is 1. The Morgan fingerprint density at radius 3 is 2.52 bits per heavy atom. The smallest absolute Gasteiger partial charge is 0.338 e. The van der Waals surface area contributed by atoms with Gasteiger partial charge in [-0.3, -0.25) is 0 Å². The van der Waals surface area contributed by atoms with Crippen LogP contribution in [0.1, 0.15) is 38.1 Å². The van der Waals surface area contributed by atoms with E-state index in [0.717, 1.165) is 0 Å². The predicted molar refractivity (Wildman–Crippen MR) is 90.0 cm³/mol. The Labute approximate surface area is 141 Å². The first-order valence-electron chi connectivity index (χ1n) is 7.37. The molecule has 0 saturated heterocycles. The summed E-state index contributed by atoms with van der Waals surface area (Å²) in [5.74, 6) is -0.493. The molecule has 0 radical (unpaired) electrons. The molecule has 2 amide bonds. The number of carbonyl (C=O) groups is 2. The highest BCUT2D eigenvalue weighted by Crippen LogP contribution is 2.24. The van der Waals surface area contributed by atoms with Crippen LogP contribution in [0.5, 0.6) is 0 Å². The summed E-state index contributed by atoms with van der Waals surface area (Å²) >= 11 is 6.07. The average molecular weight is 343 g/mol. The molecular weight excluding hydrogens is 320 g/mol. The monoisotopic (exact) mass is 342 g/mol. The fourth-order valence-electron chi connectivity index (χ4n) is 1.80. The zero-order valence-corrected chi connectivity index (χ0v) is 14.6. The number of nitrogens with one attached hydrogen (secondary N) is 1. The van der Waals surface area contributed by atoms with Crippen LogP contribution in [-0.2, 0) is 4.74 Å². The van der Waals surface area contributed by atoms with E-state index in [1.54, 1.807) is 27.7 Å². The minimum Gasteiger partial charge on any atom is -0.456 e. The second-order valence-corrected chi connectivity index (χ2v) is 6.34. The molecule has 2 N–H and O–H groups in total. The van der Waals surface area contributed by atoms with E-state index in [2.05, 4.69) is 5.32 Å². The third kappa shape index (κ3) is 6.08. The molecule has 0 fully saturated rings. The topological polar surface area (TPSA) is 78.9 Å². The van der Waals surface area contributed by atoms with E-state index in [-0.39, 0.29) is 13.2 Å². The standard InChI is InChI=1S/C16H23ClN2O4/c1-5-19(8-9-20)15(22)18-13-10-11(6-7-12(13)17)14(21)23-16(2,3)4/h6-7,10,20H,5,8-9H2,1-4H3,(H,18,22). The first kappa shape index (κ1) is 19.3. The Bertz CT molecular complexity index is 570. The number of nitrogens with zero attached hydrogens (tertiary/aromatic N) is 1. The number of amides is 2. The van der Waals surface area contributed by atoms with Gasteiger partial charge in [0.25, 0.3) is 0 Å². The molecule has 0 unspecified atom stereocenters. The molecule has 1 aromatic carbocycles. The van der Waals surface area contributed by atoms with Crippen molar-refractivity contribution >= 4 is 29.3 Å². The highest BCUT2D eigenvalue weighted by molar-refractivity contribution is 6.33. The number of benzene rings is 1. The van der Waals surface area contributed by atoms with E-state index in [0.29, 0.717) is 22.8 Å². The second kappa shape index (κ2) is 8.17. The molecule has 0 aliphatic heterocycles. The van der Waals surface area contributed by atoms with Gasteiger partial charge in [-0.2, -0.15) is 0 Å². The highest BCUT2D eigenvalue weighted by Gasteiger charge is 2.19. The van der Waals surface area contributed by atoms with Gasteiger partial charge in [-0.1, -0.05) is 11.6 Å². The number of hydrogen-bond acceptors (Lipinski definition) is 4. The largest absolute Gasteiger partial charge is 0.456 e. The van der Waals surface area contributed by atoms with Crippen molar-refractivity contribution in [3.63, 3.8) is 0 Å². The second-order valence-electron chi connectivity index (χ2n) is 5.93. The highest BCUT2D eigenvalue weighted by atomic mass is 35.5. The number of rotatable bonds is 5. The molecule has 1 aromatic rings. The van der Waals surface area contributed by atoms with Crippen LogP contribution in [0, 0.1) is 0 Å². The number of halogens is 1. The van der Waals surface area contributed by atoms with Gasteiger partial charge in [-0.25, -0.2) is 9.59 Å². The summed E-state index contributed by atoms with van der Waals surface area (Å²) in [6, 6.07) is 4.14. The summed E-state index contributed by atoms with van der Waals surface area (Å²) < 4.78 is 5.29. The Hall–Kier alpha value is -1.79. The number of hydrogen-bond donors (Lipinski definition) is 2. The van der Waals surface area contributed by atoms with Crippen molar-refractivity contribution in [2.75, 3.05) is 25.0 Å². The summed E-state index contributed by atoms with van der Waals surface area (Å²) in [4.78, 5) is 25.6. The fourth-order valence-corrected chi connectivity index (χ4v) is 1.97. The molecule has 1 rings (SSSR count). The van der Waals surface area contributed by atoms with Crippen molar-refractivity contribution in [1.82, 2.24) is 4.90 Å². The fraction of sp³-hybridized carbons (Fsp3) is 0.500. The van der Waals surface area contributed by atoms with Crippen LogP contribution in [-0.4, -0.2) is 47.3 Å². The van der Waals surface area contributed by atoms with E-state index in [9.17, 15) is 9.59 Å². The first-order chi connectivity index (χ1) is 10.7. The number of aliphatic hydroxyl groups is 1. The molecule has 0 heterocycles. The molecule has 23 heavy (non-hydrogen) atoms. The van der Waals surface area contributed by atoms with Crippen molar-refractivity contribution in [2.45, 2.75) is 33.3 Å². The van der Waals surface area contributed by atoms with E-state index >= 15 is 0 Å². The lowest BCUT2D eigenvalue weighted by Crippen LogP contribution is -2.36. The van der Waals surface area contributed by atoms with Gasteiger partial charge in [0.2, 0.25) is 0 Å². The van der Waals surface area contributed by atoms with Crippen molar-refractivity contribution in [3.8, 4) is 0 Å². The van der Waals surface area contributed by atoms with Crippen molar-refractivity contribution in [1.29, 1.82) is 0 Å². The van der Waals surface area contributed by atoms with Crippen LogP contribution in [0.3, 0.4) is 0 Å². The maximum atomic E-state index is 12.1. The van der Waals surface area contributed by atoms with Gasteiger partial charge >= 0.3 is 12.0 Å². The van der Waals surface area contributed by atoms with Crippen LogP contribution >= 0.6 is 11.6 Å². The normalized spacial score (nSPS) is 11.0. The average Bonchev–Trinajstić information content (AvgIpc) is 2.45. The molecule has 0 spiro atoms. The predicted octanol–water partition coefficient (Wildman–Crippen LogP) is 3.14. The number of anilines is 1. The van der Waals surface area contributed by atoms with Crippen LogP contribution in [0.4, 0.5) is 10.5 Å². The maximum Gasteiger partial charge on any atom is 0.338 e. The molecule has 0 atom stereocenters. The number of urea groups is 1. The molecule has 0 aromatic heterocycles. The van der Waals surface area contributed by atoms with E-state index < -0.39 is 17.6 Å². The molecule has 128 valence electrons. The molecule has 0 bridgehead atoms. The maximum absolute atomic E-state index is 12.1. The van der Waals surface area contributed by atoms with Crippen LogP contribution in [0.25, 0.3) is 0 Å². The third-order valence-electron chi connectivity index (χ3n) is 2.88. The molecule has 6 nitrogen and oxygen atoms in total. The zero-order valence-electron chi connectivity index (χ0n) is 13.9. The van der Waals surface area contributed by atoms with E-state index in [4.69, 9.17) is 21.4 Å². The third-order valence-corrected chi connectivity index (χ3v) is 3.21. The van der Waals surface area contributed by atoms with E-state index in [1.807, 2.05) is 0 Å². The van der Waals surface area contributed by atoms with Gasteiger partial charge in [-0.15, -0.1) is 0 Å². The van der Waals surface area contributed by atoms with Gasteiger partial charge in [0.1, 0.15) is 5.60 Å². The molecular formula is C16H23ClN2O4. The summed E-state index contributed by atoms with van der Waals surface area (Å²) in [5.41, 5.74) is 0.00142. The quantitative estimate of drug-likeness (QED) is 0.806. The number of esters is 1. The van der Waals surface area contributed by atoms with Crippen molar-refractivity contribution in [3.05, 3.63) is 28.8 Å². The van der Waals surface area contributed by atoms with Crippen LogP contribution in [0.2, 0.25) is 5.02 Å². The van der Waals surface area contributed by atoms with Gasteiger partial charge in [0, 0.05) is 13.1 Å². The lowest BCUT2D eigenvalue weighted by Gasteiger charge is -2.21. The lowest BCUT2D eigenvalue weighted by atomic mass is 10.1. The first-order valence-corrected chi connectivity index (χ1v) is 7.75. The number of ether oxygens (including phenoxy) is 1. The molecule has 0 aliphatic rings. The minimum atomic E-state index is -0.611. The molecule has 0 aliphatic carbocycles. The van der Waals surface area contributed by atoms with E-state index in [1.165, 1.54) is 23.1 Å². The molecule has 7 heteroatoms. The summed E-state index contributed by atoms with van der Waals surface area (Å²) in [5, 5.41) is 11.9. The summed E-state index contributed by atoms with van der Waals surface area (Å²) in [7, 11) is 0. The summed E-state index contributed by atoms with van der Waals surface area (Å²) in [6.07, 6.45) is 0. The number of aliphatic hydroxyl groups excluding tert-OH is 1. The van der Waals surface area contributed by atoms with Crippen LogP contribution < -0.4 is 5.32 Å². The zero-order chi connectivity index (χ0) is 17.6. The van der Waals surface area contributed by atoms with Gasteiger partial charge in [0.15, 0.2) is 0 Å². The Kier molecular flexibility index (Phi) is 6.84. The van der Waals surface area contributed by atoms with Gasteiger partial charge in [0.05, 0.1) is 22.9 Å². The minimum absolute atomic E-state index is 0.132. The summed E-state index contributed by atoms with van der Waals surface area (Å²) in [6.45, 7) is 7.65. The molecule has 0 saturated carbocycles. The van der Waals surface area contributed by atoms with Crippen molar-refractivity contribution in [2.24, 2.45) is 0 Å². The Morgan fingerprint density at radius 2 is 2.00 bits per heavy atom.